The van der Waals surface area contributed by atoms with Crippen LogP contribution in [0, 0.1) is 0 Å². The third-order valence-corrected chi connectivity index (χ3v) is 3.44. The number of aryl methyl sites for hydroxylation is 1. The molecule has 1 saturated heterocycles. The molecule has 1 fully saturated rings. The van der Waals surface area contributed by atoms with Gasteiger partial charge in [-0.1, -0.05) is 6.92 Å². The largest absolute Gasteiger partial charge is 0.386 e. The first-order valence-corrected chi connectivity index (χ1v) is 5.73. The van der Waals surface area contributed by atoms with Gasteiger partial charge in [0.15, 0.2) is 5.65 Å². The SMILES string of the molecule is CCC1(O)CN(c2ncnc3c2cnn3C)C1. The van der Waals surface area contributed by atoms with Crippen LogP contribution in [-0.4, -0.2) is 43.5 Å². The van der Waals surface area contributed by atoms with Crippen molar-refractivity contribution in [3.05, 3.63) is 12.5 Å². The zero-order chi connectivity index (χ0) is 12.0. The van der Waals surface area contributed by atoms with Gasteiger partial charge in [0.05, 0.1) is 17.2 Å². The van der Waals surface area contributed by atoms with Gasteiger partial charge in [0, 0.05) is 20.1 Å². The number of aromatic nitrogens is 4. The van der Waals surface area contributed by atoms with Crippen molar-refractivity contribution in [2.24, 2.45) is 7.05 Å². The minimum atomic E-state index is -0.556. The molecule has 2 aromatic heterocycles. The second-order valence-corrected chi connectivity index (χ2v) is 4.64. The summed E-state index contributed by atoms with van der Waals surface area (Å²) >= 11 is 0. The second-order valence-electron chi connectivity index (χ2n) is 4.64. The Morgan fingerprint density at radius 3 is 2.88 bits per heavy atom. The third kappa shape index (κ3) is 1.48. The average Bonchev–Trinajstić information content (AvgIpc) is 2.67. The minimum Gasteiger partial charge on any atom is -0.386 e. The van der Waals surface area contributed by atoms with Crippen molar-refractivity contribution in [3.63, 3.8) is 0 Å². The molecule has 0 saturated carbocycles. The summed E-state index contributed by atoms with van der Waals surface area (Å²) < 4.78 is 1.73. The Balaban J connectivity index is 1.97. The molecule has 0 amide bonds. The van der Waals surface area contributed by atoms with Crippen LogP contribution in [0.15, 0.2) is 12.5 Å². The second kappa shape index (κ2) is 3.40. The molecule has 0 aliphatic carbocycles. The molecule has 0 bridgehead atoms. The highest BCUT2D eigenvalue weighted by Gasteiger charge is 2.40. The standard InChI is InChI=1S/C11H15N5O/c1-3-11(17)5-16(6-11)10-8-4-14-15(2)9(8)12-7-13-10/h4,7,17H,3,5-6H2,1-2H3. The van der Waals surface area contributed by atoms with Crippen molar-refractivity contribution in [1.29, 1.82) is 0 Å². The molecule has 3 heterocycles. The normalized spacial score (nSPS) is 18.4. The van der Waals surface area contributed by atoms with Crippen molar-refractivity contribution < 1.29 is 5.11 Å². The minimum absolute atomic E-state index is 0.556. The van der Waals surface area contributed by atoms with Crippen LogP contribution < -0.4 is 4.90 Å². The summed E-state index contributed by atoms with van der Waals surface area (Å²) in [5.74, 6) is 0.862. The molecule has 0 aromatic carbocycles. The first-order valence-electron chi connectivity index (χ1n) is 5.73. The number of anilines is 1. The molecule has 1 aliphatic rings. The summed E-state index contributed by atoms with van der Waals surface area (Å²) in [5.41, 5.74) is 0.265. The third-order valence-electron chi connectivity index (χ3n) is 3.44. The Kier molecular flexibility index (Phi) is 2.09. The van der Waals surface area contributed by atoms with Gasteiger partial charge in [-0.3, -0.25) is 4.68 Å². The number of aliphatic hydroxyl groups is 1. The van der Waals surface area contributed by atoms with Crippen molar-refractivity contribution >= 4 is 16.9 Å². The predicted octanol–water partition coefficient (Wildman–Crippen LogP) is 0.324. The van der Waals surface area contributed by atoms with Crippen molar-refractivity contribution in [3.8, 4) is 0 Å². The van der Waals surface area contributed by atoms with Crippen LogP contribution in [0.25, 0.3) is 11.0 Å². The smallest absolute Gasteiger partial charge is 0.163 e. The molecule has 1 N–H and O–H groups in total. The number of fused-ring (bicyclic) bond motifs is 1. The lowest BCUT2D eigenvalue weighted by atomic mass is 9.91. The molecule has 6 nitrogen and oxygen atoms in total. The molecule has 0 radical (unpaired) electrons. The van der Waals surface area contributed by atoms with Crippen LogP contribution in [0.5, 0.6) is 0 Å². The average molecular weight is 233 g/mol. The van der Waals surface area contributed by atoms with Crippen LogP contribution in [0.4, 0.5) is 5.82 Å². The van der Waals surface area contributed by atoms with E-state index in [2.05, 4.69) is 20.0 Å². The first-order chi connectivity index (χ1) is 8.13. The highest BCUT2D eigenvalue weighted by atomic mass is 16.3. The molecule has 90 valence electrons. The zero-order valence-electron chi connectivity index (χ0n) is 9.96. The van der Waals surface area contributed by atoms with Crippen molar-refractivity contribution in [2.45, 2.75) is 18.9 Å². The van der Waals surface area contributed by atoms with E-state index in [4.69, 9.17) is 0 Å². The monoisotopic (exact) mass is 233 g/mol. The van der Waals surface area contributed by atoms with Gasteiger partial charge < -0.3 is 10.0 Å². The Morgan fingerprint density at radius 1 is 1.41 bits per heavy atom. The van der Waals surface area contributed by atoms with E-state index in [0.717, 1.165) is 23.3 Å². The number of hydrogen-bond acceptors (Lipinski definition) is 5. The lowest BCUT2D eigenvalue weighted by molar-refractivity contribution is 0.00823. The van der Waals surface area contributed by atoms with Crippen LogP contribution >= 0.6 is 0 Å². The van der Waals surface area contributed by atoms with E-state index < -0.39 is 5.60 Å². The first kappa shape index (κ1) is 10.5. The van der Waals surface area contributed by atoms with E-state index >= 15 is 0 Å². The van der Waals surface area contributed by atoms with Gasteiger partial charge >= 0.3 is 0 Å². The molecule has 2 aromatic rings. The topological polar surface area (TPSA) is 67.1 Å². The van der Waals surface area contributed by atoms with Crippen LogP contribution in [0.3, 0.4) is 0 Å². The molecule has 1 aliphatic heterocycles. The number of hydrogen-bond donors (Lipinski definition) is 1. The highest BCUT2D eigenvalue weighted by Crippen LogP contribution is 2.32. The molecule has 0 unspecified atom stereocenters. The van der Waals surface area contributed by atoms with Gasteiger partial charge in [-0.2, -0.15) is 5.10 Å². The van der Waals surface area contributed by atoms with Gasteiger partial charge in [0.2, 0.25) is 0 Å². The van der Waals surface area contributed by atoms with Crippen molar-refractivity contribution in [1.82, 2.24) is 19.7 Å². The van der Waals surface area contributed by atoms with Crippen molar-refractivity contribution in [2.75, 3.05) is 18.0 Å². The number of rotatable bonds is 2. The van der Waals surface area contributed by atoms with E-state index in [1.54, 1.807) is 17.2 Å². The zero-order valence-corrected chi connectivity index (χ0v) is 9.96. The Bertz CT molecular complexity index is 558. The summed E-state index contributed by atoms with van der Waals surface area (Å²) in [5, 5.41) is 15.1. The Hall–Kier alpha value is -1.69. The van der Waals surface area contributed by atoms with E-state index in [9.17, 15) is 5.11 Å². The summed E-state index contributed by atoms with van der Waals surface area (Å²) in [7, 11) is 1.86. The summed E-state index contributed by atoms with van der Waals surface area (Å²) in [6.45, 7) is 3.26. The quantitative estimate of drug-likeness (QED) is 0.809. The summed E-state index contributed by atoms with van der Waals surface area (Å²) in [6.07, 6.45) is 4.08. The van der Waals surface area contributed by atoms with Gasteiger partial charge in [-0.15, -0.1) is 0 Å². The fourth-order valence-electron chi connectivity index (χ4n) is 2.24. The van der Waals surface area contributed by atoms with Gasteiger partial charge in [-0.25, -0.2) is 9.97 Å². The van der Waals surface area contributed by atoms with E-state index in [-0.39, 0.29) is 0 Å². The van der Waals surface area contributed by atoms with E-state index in [1.807, 2.05) is 14.0 Å². The fourth-order valence-corrected chi connectivity index (χ4v) is 2.24. The Morgan fingerprint density at radius 2 is 2.18 bits per heavy atom. The number of β-amino-alcohol motifs (C(OH)–C–C–N with tert-alkyl or cyclic N) is 1. The maximum Gasteiger partial charge on any atom is 0.163 e. The van der Waals surface area contributed by atoms with Crippen LogP contribution in [-0.2, 0) is 7.05 Å². The molecule has 3 rings (SSSR count). The molecule has 0 atom stereocenters. The molecule has 17 heavy (non-hydrogen) atoms. The fraction of sp³-hybridized carbons (Fsp3) is 0.545. The lowest BCUT2D eigenvalue weighted by Gasteiger charge is -2.46. The lowest BCUT2D eigenvalue weighted by Crippen LogP contribution is -2.61. The van der Waals surface area contributed by atoms with E-state index in [1.165, 1.54) is 0 Å². The molecule has 6 heteroatoms. The van der Waals surface area contributed by atoms with Crippen LogP contribution in [0.2, 0.25) is 0 Å². The molecule has 0 spiro atoms. The van der Waals surface area contributed by atoms with Gasteiger partial charge in [-0.05, 0) is 6.42 Å². The van der Waals surface area contributed by atoms with E-state index in [0.29, 0.717) is 13.1 Å². The number of nitrogens with zero attached hydrogens (tertiary/aromatic N) is 5. The maximum absolute atomic E-state index is 10.0. The Labute approximate surface area is 98.9 Å². The van der Waals surface area contributed by atoms with Gasteiger partial charge in [0.25, 0.3) is 0 Å². The summed E-state index contributed by atoms with van der Waals surface area (Å²) in [6, 6.07) is 0. The molecular formula is C11H15N5O. The predicted molar refractivity (Wildman–Crippen MR) is 63.8 cm³/mol. The summed E-state index contributed by atoms with van der Waals surface area (Å²) in [4.78, 5) is 10.6. The maximum atomic E-state index is 10.0. The molecular weight excluding hydrogens is 218 g/mol. The van der Waals surface area contributed by atoms with Gasteiger partial charge in [0.1, 0.15) is 12.1 Å². The highest BCUT2D eigenvalue weighted by molar-refractivity contribution is 5.87. The van der Waals surface area contributed by atoms with Crippen LogP contribution in [0.1, 0.15) is 13.3 Å².